The molecule has 1 aromatic carbocycles. The number of aryl methyl sites for hydroxylation is 1. The summed E-state index contributed by atoms with van der Waals surface area (Å²) >= 11 is 5.75. The number of aromatic nitrogens is 2. The molecule has 0 amide bonds. The Hall–Kier alpha value is -2.41. The first-order valence-corrected chi connectivity index (χ1v) is 6.02. The number of hydrogen-bond acceptors (Lipinski definition) is 6. The van der Waals surface area contributed by atoms with Crippen molar-refractivity contribution in [1.29, 1.82) is 0 Å². The maximum absolute atomic E-state index is 11.0. The number of nitro benzene ring substituents is 1. The van der Waals surface area contributed by atoms with E-state index in [4.69, 9.17) is 16.3 Å². The summed E-state index contributed by atoms with van der Waals surface area (Å²) in [5, 5.41) is 14.0. The zero-order valence-electron chi connectivity index (χ0n) is 10.8. The van der Waals surface area contributed by atoms with Gasteiger partial charge in [-0.05, 0) is 19.1 Å². The van der Waals surface area contributed by atoms with Crippen LogP contribution in [0.1, 0.15) is 5.56 Å². The van der Waals surface area contributed by atoms with Crippen molar-refractivity contribution < 1.29 is 9.66 Å². The van der Waals surface area contributed by atoms with Gasteiger partial charge in [-0.3, -0.25) is 10.1 Å². The number of ether oxygens (including phenoxy) is 1. The number of nitrogens with zero attached hydrogens (tertiary/aromatic N) is 3. The first-order valence-electron chi connectivity index (χ1n) is 5.64. The number of anilines is 1. The van der Waals surface area contributed by atoms with Gasteiger partial charge in [0.1, 0.15) is 0 Å². The van der Waals surface area contributed by atoms with Crippen molar-refractivity contribution in [3.63, 3.8) is 0 Å². The Labute approximate surface area is 119 Å². The zero-order chi connectivity index (χ0) is 14.7. The van der Waals surface area contributed by atoms with E-state index >= 15 is 0 Å². The number of nitrogens with one attached hydrogen (secondary N) is 1. The summed E-state index contributed by atoms with van der Waals surface area (Å²) in [5.41, 5.74) is 0.440. The highest BCUT2D eigenvalue weighted by atomic mass is 35.5. The Morgan fingerprint density at radius 2 is 2.20 bits per heavy atom. The summed E-state index contributed by atoms with van der Waals surface area (Å²) < 4.78 is 5.51. The van der Waals surface area contributed by atoms with Gasteiger partial charge in [-0.25, -0.2) is 4.98 Å². The Bertz CT molecular complexity index is 663. The highest BCUT2D eigenvalue weighted by Gasteiger charge is 2.18. The molecule has 8 heteroatoms. The average molecular weight is 295 g/mol. The van der Waals surface area contributed by atoms with Crippen molar-refractivity contribution in [1.82, 2.24) is 9.97 Å². The molecule has 0 radical (unpaired) electrons. The normalized spacial score (nSPS) is 10.2. The molecule has 2 aromatic rings. The van der Waals surface area contributed by atoms with Gasteiger partial charge in [-0.15, -0.1) is 0 Å². The number of rotatable bonds is 4. The quantitative estimate of drug-likeness (QED) is 0.688. The fourth-order valence-electron chi connectivity index (χ4n) is 1.47. The first kappa shape index (κ1) is 14.0. The highest BCUT2D eigenvalue weighted by molar-refractivity contribution is 6.30. The summed E-state index contributed by atoms with van der Waals surface area (Å²) in [5.74, 6) is 0.681. The van der Waals surface area contributed by atoms with Crippen LogP contribution in [0.15, 0.2) is 24.4 Å². The molecule has 0 fully saturated rings. The van der Waals surface area contributed by atoms with E-state index in [0.717, 1.165) is 0 Å². The summed E-state index contributed by atoms with van der Waals surface area (Å²) in [6, 6.07) is 4.17. The van der Waals surface area contributed by atoms with Gasteiger partial charge in [0.25, 0.3) is 0 Å². The molecule has 20 heavy (non-hydrogen) atoms. The van der Waals surface area contributed by atoms with Crippen LogP contribution in [0, 0.1) is 17.0 Å². The second-order valence-corrected chi connectivity index (χ2v) is 4.34. The van der Waals surface area contributed by atoms with Crippen LogP contribution in [-0.2, 0) is 0 Å². The van der Waals surface area contributed by atoms with Crippen LogP contribution < -0.4 is 10.1 Å². The lowest BCUT2D eigenvalue weighted by atomic mass is 10.3. The van der Waals surface area contributed by atoms with Crippen LogP contribution in [0.3, 0.4) is 0 Å². The van der Waals surface area contributed by atoms with Crippen LogP contribution in [0.5, 0.6) is 11.6 Å². The third-order valence-electron chi connectivity index (χ3n) is 2.47. The molecule has 104 valence electrons. The summed E-state index contributed by atoms with van der Waals surface area (Å²) in [7, 11) is 1.67. The van der Waals surface area contributed by atoms with Crippen molar-refractivity contribution in [2.24, 2.45) is 0 Å². The van der Waals surface area contributed by atoms with E-state index in [0.29, 0.717) is 11.5 Å². The third kappa shape index (κ3) is 2.94. The van der Waals surface area contributed by atoms with Gasteiger partial charge in [0.05, 0.1) is 4.92 Å². The molecule has 1 N–H and O–H groups in total. The van der Waals surface area contributed by atoms with E-state index in [1.807, 2.05) is 0 Å². The summed E-state index contributed by atoms with van der Waals surface area (Å²) in [6.45, 7) is 1.75. The van der Waals surface area contributed by atoms with Gasteiger partial charge in [0.15, 0.2) is 0 Å². The fourth-order valence-corrected chi connectivity index (χ4v) is 1.64. The van der Waals surface area contributed by atoms with Gasteiger partial charge >= 0.3 is 5.69 Å². The van der Waals surface area contributed by atoms with Crippen LogP contribution in [-0.4, -0.2) is 21.9 Å². The van der Waals surface area contributed by atoms with Crippen LogP contribution in [0.4, 0.5) is 11.6 Å². The Morgan fingerprint density at radius 3 is 2.85 bits per heavy atom. The van der Waals surface area contributed by atoms with Crippen LogP contribution in [0.2, 0.25) is 5.02 Å². The van der Waals surface area contributed by atoms with E-state index < -0.39 is 4.92 Å². The predicted octanol–water partition coefficient (Wildman–Crippen LogP) is 3.18. The highest BCUT2D eigenvalue weighted by Crippen LogP contribution is 2.33. The lowest BCUT2D eigenvalue weighted by molar-refractivity contribution is -0.385. The van der Waals surface area contributed by atoms with Gasteiger partial charge in [0, 0.05) is 29.9 Å². The molecular formula is C12H11ClN4O3. The topological polar surface area (TPSA) is 90.2 Å². The minimum absolute atomic E-state index is 0.0725. The molecule has 7 nitrogen and oxygen atoms in total. The molecule has 2 rings (SSSR count). The fraction of sp³-hybridized carbons (Fsp3) is 0.167. The third-order valence-corrected chi connectivity index (χ3v) is 2.71. The standard InChI is InChI=1S/C12H11ClN4O3/c1-7-6-15-12(14-2)16-11(7)20-10-4-3-8(13)5-9(10)17(18)19/h3-6H,1-2H3,(H,14,15,16). The van der Waals surface area contributed by atoms with E-state index in [1.165, 1.54) is 18.2 Å². The minimum Gasteiger partial charge on any atom is -0.431 e. The van der Waals surface area contributed by atoms with Crippen molar-refractivity contribution in [2.75, 3.05) is 12.4 Å². The summed E-state index contributed by atoms with van der Waals surface area (Å²) in [4.78, 5) is 18.6. The average Bonchev–Trinajstić information content (AvgIpc) is 2.42. The number of hydrogen-bond donors (Lipinski definition) is 1. The summed E-state index contributed by atoms with van der Waals surface area (Å²) in [6.07, 6.45) is 1.57. The molecule has 0 aliphatic rings. The molecule has 1 aromatic heterocycles. The monoisotopic (exact) mass is 294 g/mol. The maximum Gasteiger partial charge on any atom is 0.313 e. The van der Waals surface area contributed by atoms with E-state index in [-0.39, 0.29) is 22.3 Å². The Kier molecular flexibility index (Phi) is 3.99. The molecule has 0 aliphatic carbocycles. The predicted molar refractivity (Wildman–Crippen MR) is 74.5 cm³/mol. The molecule has 0 atom stereocenters. The second kappa shape index (κ2) is 5.70. The number of halogens is 1. The number of nitro groups is 1. The molecule has 0 bridgehead atoms. The maximum atomic E-state index is 11.0. The van der Waals surface area contributed by atoms with Crippen LogP contribution in [0.25, 0.3) is 0 Å². The molecule has 0 spiro atoms. The van der Waals surface area contributed by atoms with E-state index in [1.54, 1.807) is 20.2 Å². The van der Waals surface area contributed by atoms with Gasteiger partial charge in [0.2, 0.25) is 17.6 Å². The largest absolute Gasteiger partial charge is 0.431 e. The SMILES string of the molecule is CNc1ncc(C)c(Oc2ccc(Cl)cc2[N+](=O)[O-])n1. The Morgan fingerprint density at radius 1 is 1.45 bits per heavy atom. The smallest absolute Gasteiger partial charge is 0.313 e. The lowest BCUT2D eigenvalue weighted by Crippen LogP contribution is -2.01. The van der Waals surface area contributed by atoms with Gasteiger partial charge < -0.3 is 10.1 Å². The van der Waals surface area contributed by atoms with Crippen molar-refractivity contribution in [3.8, 4) is 11.6 Å². The van der Waals surface area contributed by atoms with Crippen molar-refractivity contribution in [3.05, 3.63) is 45.1 Å². The second-order valence-electron chi connectivity index (χ2n) is 3.90. The molecule has 0 aliphatic heterocycles. The Balaban J connectivity index is 2.42. The van der Waals surface area contributed by atoms with Crippen molar-refractivity contribution in [2.45, 2.75) is 6.92 Å². The molecule has 0 unspecified atom stereocenters. The molecule has 0 saturated heterocycles. The van der Waals surface area contributed by atoms with E-state index in [9.17, 15) is 10.1 Å². The van der Waals surface area contributed by atoms with Gasteiger partial charge in [-0.2, -0.15) is 4.98 Å². The molecular weight excluding hydrogens is 284 g/mol. The first-order chi connectivity index (χ1) is 9.51. The van der Waals surface area contributed by atoms with E-state index in [2.05, 4.69) is 15.3 Å². The molecule has 0 saturated carbocycles. The molecule has 1 heterocycles. The van der Waals surface area contributed by atoms with Gasteiger partial charge in [-0.1, -0.05) is 11.6 Å². The zero-order valence-corrected chi connectivity index (χ0v) is 11.5. The number of benzene rings is 1. The minimum atomic E-state index is -0.559. The lowest BCUT2D eigenvalue weighted by Gasteiger charge is -2.09. The van der Waals surface area contributed by atoms with Crippen molar-refractivity contribution >= 4 is 23.2 Å². The van der Waals surface area contributed by atoms with Crippen LogP contribution >= 0.6 is 11.6 Å².